The maximum Gasteiger partial charge on any atom is 0.303 e. The van der Waals surface area contributed by atoms with Gasteiger partial charge in [0.1, 0.15) is 5.78 Å². The summed E-state index contributed by atoms with van der Waals surface area (Å²) in [6, 6.07) is 0. The van der Waals surface area contributed by atoms with Crippen molar-refractivity contribution >= 4 is 11.8 Å². The zero-order chi connectivity index (χ0) is 17.8. The third-order valence-corrected chi connectivity index (χ3v) is 4.97. The van der Waals surface area contributed by atoms with Crippen molar-refractivity contribution in [2.75, 3.05) is 0 Å². The van der Waals surface area contributed by atoms with Gasteiger partial charge in [0, 0.05) is 24.7 Å². The van der Waals surface area contributed by atoms with Crippen LogP contribution in [0.5, 0.6) is 0 Å². The minimum atomic E-state index is -0.742. The molecule has 1 rings (SSSR count). The smallest absolute Gasteiger partial charge is 0.303 e. The van der Waals surface area contributed by atoms with Crippen LogP contribution < -0.4 is 0 Å². The van der Waals surface area contributed by atoms with E-state index in [1.54, 1.807) is 0 Å². The average molecular weight is 338 g/mol. The summed E-state index contributed by atoms with van der Waals surface area (Å²) in [5, 5.41) is 18.7. The van der Waals surface area contributed by atoms with Crippen LogP contribution in [-0.2, 0) is 9.59 Å². The van der Waals surface area contributed by atoms with E-state index in [9.17, 15) is 14.7 Å². The molecular formula is C20H34O4. The molecule has 0 heterocycles. The highest BCUT2D eigenvalue weighted by atomic mass is 16.4. The van der Waals surface area contributed by atoms with Crippen LogP contribution in [0.15, 0.2) is 12.2 Å². The molecule has 0 spiro atoms. The van der Waals surface area contributed by atoms with Crippen LogP contribution in [0.1, 0.15) is 84.0 Å². The van der Waals surface area contributed by atoms with Gasteiger partial charge < -0.3 is 10.2 Å². The maximum absolute atomic E-state index is 12.1. The van der Waals surface area contributed by atoms with Crippen LogP contribution in [0.25, 0.3) is 0 Å². The fraction of sp³-hybridized carbons (Fsp3) is 0.800. The van der Waals surface area contributed by atoms with E-state index in [-0.39, 0.29) is 30.5 Å². The summed E-state index contributed by atoms with van der Waals surface area (Å²) in [6.07, 6.45) is 14.4. The summed E-state index contributed by atoms with van der Waals surface area (Å²) in [7, 11) is 0. The van der Waals surface area contributed by atoms with Crippen molar-refractivity contribution in [1.29, 1.82) is 0 Å². The molecule has 1 aliphatic rings. The first-order valence-corrected chi connectivity index (χ1v) is 9.65. The lowest BCUT2D eigenvalue weighted by molar-refractivity contribution is -0.137. The van der Waals surface area contributed by atoms with Crippen molar-refractivity contribution in [3.8, 4) is 0 Å². The van der Waals surface area contributed by atoms with Gasteiger partial charge in [0.05, 0.1) is 6.10 Å². The molecule has 0 bridgehead atoms. The van der Waals surface area contributed by atoms with Gasteiger partial charge in [0.25, 0.3) is 0 Å². The number of carboxylic acids is 1. The summed E-state index contributed by atoms with van der Waals surface area (Å²) in [6.45, 7) is 2.20. The van der Waals surface area contributed by atoms with Gasteiger partial charge in [-0.2, -0.15) is 0 Å². The summed E-state index contributed by atoms with van der Waals surface area (Å²) in [4.78, 5) is 22.6. The Morgan fingerprint density at radius 1 is 1.12 bits per heavy atom. The average Bonchev–Trinajstić information content (AvgIpc) is 2.80. The SMILES string of the molecule is CCCCCCC=C[C@H]1[C@H](O)CC(=O)[C@@H]1CCCCCCC(=O)O. The lowest BCUT2D eigenvalue weighted by Crippen LogP contribution is -2.18. The molecule has 24 heavy (non-hydrogen) atoms. The van der Waals surface area contributed by atoms with Gasteiger partial charge in [0.15, 0.2) is 0 Å². The Hall–Kier alpha value is -1.16. The number of aliphatic hydroxyl groups is 1. The number of ketones is 1. The summed E-state index contributed by atoms with van der Waals surface area (Å²) < 4.78 is 0. The summed E-state index contributed by atoms with van der Waals surface area (Å²) >= 11 is 0. The number of unbranched alkanes of at least 4 members (excludes halogenated alkanes) is 7. The molecular weight excluding hydrogens is 304 g/mol. The molecule has 1 saturated carbocycles. The van der Waals surface area contributed by atoms with Gasteiger partial charge in [-0.15, -0.1) is 0 Å². The quantitative estimate of drug-likeness (QED) is 0.383. The molecule has 0 aromatic carbocycles. The molecule has 0 aliphatic heterocycles. The van der Waals surface area contributed by atoms with Gasteiger partial charge in [0.2, 0.25) is 0 Å². The van der Waals surface area contributed by atoms with E-state index in [4.69, 9.17) is 5.11 Å². The fourth-order valence-electron chi connectivity index (χ4n) is 3.53. The predicted octanol–water partition coefficient (Wildman–Crippen LogP) is 4.50. The van der Waals surface area contributed by atoms with Gasteiger partial charge in [-0.25, -0.2) is 0 Å². The number of Topliss-reactive ketones (excluding diaryl/α,β-unsaturated/α-hetero) is 1. The van der Waals surface area contributed by atoms with Crippen molar-refractivity contribution in [3.63, 3.8) is 0 Å². The minimum Gasteiger partial charge on any atom is -0.481 e. The molecule has 1 fully saturated rings. The van der Waals surface area contributed by atoms with Crippen LogP contribution in [0.2, 0.25) is 0 Å². The highest BCUT2D eigenvalue weighted by Gasteiger charge is 2.39. The Bertz CT molecular complexity index is 402. The number of carbonyl (C=O) groups is 2. The van der Waals surface area contributed by atoms with E-state index >= 15 is 0 Å². The van der Waals surface area contributed by atoms with E-state index in [2.05, 4.69) is 19.1 Å². The highest BCUT2D eigenvalue weighted by Crippen LogP contribution is 2.34. The van der Waals surface area contributed by atoms with Gasteiger partial charge in [-0.05, 0) is 25.7 Å². The lowest BCUT2D eigenvalue weighted by atomic mass is 9.88. The number of allylic oxidation sites excluding steroid dienone is 1. The molecule has 0 aromatic heterocycles. The van der Waals surface area contributed by atoms with Crippen molar-refractivity contribution < 1.29 is 19.8 Å². The number of aliphatic carboxylic acids is 1. The van der Waals surface area contributed by atoms with E-state index in [0.717, 1.165) is 32.1 Å². The zero-order valence-corrected chi connectivity index (χ0v) is 15.1. The van der Waals surface area contributed by atoms with Crippen molar-refractivity contribution in [2.24, 2.45) is 11.8 Å². The van der Waals surface area contributed by atoms with Crippen molar-refractivity contribution in [3.05, 3.63) is 12.2 Å². The van der Waals surface area contributed by atoms with Crippen LogP contribution in [0.4, 0.5) is 0 Å². The topological polar surface area (TPSA) is 74.6 Å². The molecule has 3 atom stereocenters. The second-order valence-electron chi connectivity index (χ2n) is 7.05. The number of carbonyl (C=O) groups excluding carboxylic acids is 1. The molecule has 0 unspecified atom stereocenters. The van der Waals surface area contributed by atoms with Crippen LogP contribution in [0.3, 0.4) is 0 Å². The summed E-state index contributed by atoms with van der Waals surface area (Å²) in [5.41, 5.74) is 0. The zero-order valence-electron chi connectivity index (χ0n) is 15.1. The Balaban J connectivity index is 2.30. The number of hydrogen-bond acceptors (Lipinski definition) is 3. The van der Waals surface area contributed by atoms with Crippen molar-refractivity contribution in [2.45, 2.75) is 90.1 Å². The highest BCUT2D eigenvalue weighted by molar-refractivity contribution is 5.84. The van der Waals surface area contributed by atoms with Crippen LogP contribution in [-0.4, -0.2) is 28.1 Å². The fourth-order valence-corrected chi connectivity index (χ4v) is 3.53. The van der Waals surface area contributed by atoms with E-state index in [0.29, 0.717) is 6.42 Å². The molecule has 0 radical (unpaired) electrons. The number of rotatable bonds is 13. The van der Waals surface area contributed by atoms with Crippen molar-refractivity contribution in [1.82, 2.24) is 0 Å². The number of carboxylic acid groups (broad SMARTS) is 1. The first-order valence-electron chi connectivity index (χ1n) is 9.65. The van der Waals surface area contributed by atoms with Gasteiger partial charge in [-0.1, -0.05) is 57.6 Å². The lowest BCUT2D eigenvalue weighted by Gasteiger charge is -2.17. The molecule has 4 heteroatoms. The molecule has 0 saturated heterocycles. The van der Waals surface area contributed by atoms with Gasteiger partial charge in [-0.3, -0.25) is 9.59 Å². The number of aliphatic hydroxyl groups excluding tert-OH is 1. The second-order valence-corrected chi connectivity index (χ2v) is 7.05. The molecule has 2 N–H and O–H groups in total. The third kappa shape index (κ3) is 8.09. The molecule has 138 valence electrons. The third-order valence-electron chi connectivity index (χ3n) is 4.97. The Morgan fingerprint density at radius 3 is 2.54 bits per heavy atom. The van der Waals surface area contributed by atoms with E-state index in [1.165, 1.54) is 25.7 Å². The standard InChI is InChI=1S/C20H34O4/c1-2-3-4-5-6-9-12-16-17(19(22)15-18(16)21)13-10-7-8-11-14-20(23)24/h9,12,16-18,21H,2-8,10-11,13-15H2,1H3,(H,23,24)/t16-,17-,18-/m1/s1. The first-order chi connectivity index (χ1) is 11.6. The Morgan fingerprint density at radius 2 is 1.83 bits per heavy atom. The minimum absolute atomic E-state index is 0.0253. The molecule has 0 aromatic rings. The van der Waals surface area contributed by atoms with E-state index < -0.39 is 12.1 Å². The Labute approximate surface area is 146 Å². The molecule has 4 nitrogen and oxygen atoms in total. The van der Waals surface area contributed by atoms with E-state index in [1.807, 2.05) is 0 Å². The number of hydrogen-bond donors (Lipinski definition) is 2. The monoisotopic (exact) mass is 338 g/mol. The first kappa shape index (κ1) is 20.9. The van der Waals surface area contributed by atoms with Gasteiger partial charge >= 0.3 is 5.97 Å². The van der Waals surface area contributed by atoms with Crippen LogP contribution >= 0.6 is 0 Å². The second kappa shape index (κ2) is 12.2. The molecule has 1 aliphatic carbocycles. The largest absolute Gasteiger partial charge is 0.481 e. The Kier molecular flexibility index (Phi) is 10.6. The van der Waals surface area contributed by atoms with Crippen LogP contribution in [0, 0.1) is 11.8 Å². The molecule has 0 amide bonds. The predicted molar refractivity (Wildman–Crippen MR) is 95.8 cm³/mol. The summed E-state index contributed by atoms with van der Waals surface area (Å²) in [5.74, 6) is -0.629. The normalized spacial score (nSPS) is 24.1. The maximum atomic E-state index is 12.1.